The maximum absolute atomic E-state index is 12.2. The molecule has 6 heteroatoms. The third kappa shape index (κ3) is 2.28. The van der Waals surface area contributed by atoms with Crippen LogP contribution in [0.2, 0.25) is 0 Å². The van der Waals surface area contributed by atoms with Gasteiger partial charge in [0.05, 0.1) is 17.0 Å². The third-order valence-electron chi connectivity index (χ3n) is 3.42. The topological polar surface area (TPSA) is 70.7 Å². The minimum absolute atomic E-state index is 0.130. The molecule has 1 aliphatic rings. The van der Waals surface area contributed by atoms with Gasteiger partial charge in [0.2, 0.25) is 0 Å². The van der Waals surface area contributed by atoms with E-state index in [1.165, 1.54) is 17.7 Å². The van der Waals surface area contributed by atoms with Gasteiger partial charge in [-0.2, -0.15) is 5.10 Å². The molecule has 2 aromatic heterocycles. The summed E-state index contributed by atoms with van der Waals surface area (Å²) in [6.07, 6.45) is 4.55. The zero-order chi connectivity index (χ0) is 13.4. The molecule has 0 aromatic carbocycles. The SMILES string of the molecule is Cc1n[nH]c(C)c1C(=O)Nc1nc2c(s1)CCCC2. The summed E-state index contributed by atoms with van der Waals surface area (Å²) in [5.41, 5.74) is 3.29. The average Bonchev–Trinajstić information content (AvgIpc) is 2.92. The van der Waals surface area contributed by atoms with Crippen LogP contribution in [0, 0.1) is 13.8 Å². The maximum Gasteiger partial charge on any atom is 0.261 e. The fourth-order valence-corrected chi connectivity index (χ4v) is 3.50. The van der Waals surface area contributed by atoms with Gasteiger partial charge in [-0.05, 0) is 39.5 Å². The van der Waals surface area contributed by atoms with E-state index in [4.69, 9.17) is 0 Å². The molecule has 0 aliphatic heterocycles. The number of hydrogen-bond acceptors (Lipinski definition) is 4. The number of aryl methyl sites for hydroxylation is 4. The van der Waals surface area contributed by atoms with Crippen LogP contribution >= 0.6 is 11.3 Å². The Morgan fingerprint density at radius 3 is 2.79 bits per heavy atom. The van der Waals surface area contributed by atoms with Crippen LogP contribution in [-0.4, -0.2) is 21.1 Å². The molecule has 0 saturated heterocycles. The first-order valence-electron chi connectivity index (χ1n) is 6.46. The second-order valence-electron chi connectivity index (χ2n) is 4.86. The van der Waals surface area contributed by atoms with Crippen molar-refractivity contribution < 1.29 is 4.79 Å². The van der Waals surface area contributed by atoms with Gasteiger partial charge in [-0.3, -0.25) is 15.2 Å². The Balaban J connectivity index is 1.82. The molecule has 0 bridgehead atoms. The first kappa shape index (κ1) is 12.3. The Labute approximate surface area is 115 Å². The lowest BCUT2D eigenvalue weighted by atomic mass is 10.0. The number of carbonyl (C=O) groups is 1. The second kappa shape index (κ2) is 4.77. The van der Waals surface area contributed by atoms with Crippen LogP contribution in [0.25, 0.3) is 0 Å². The maximum atomic E-state index is 12.2. The summed E-state index contributed by atoms with van der Waals surface area (Å²) in [5, 5.41) is 10.5. The lowest BCUT2D eigenvalue weighted by Crippen LogP contribution is -2.13. The third-order valence-corrected chi connectivity index (χ3v) is 4.49. The Morgan fingerprint density at radius 2 is 2.11 bits per heavy atom. The Bertz CT molecular complexity index is 586. The zero-order valence-corrected chi connectivity index (χ0v) is 11.9. The van der Waals surface area contributed by atoms with Crippen LogP contribution in [-0.2, 0) is 12.8 Å². The van der Waals surface area contributed by atoms with Crippen molar-refractivity contribution in [1.82, 2.24) is 15.2 Å². The summed E-state index contributed by atoms with van der Waals surface area (Å²) < 4.78 is 0. The highest BCUT2D eigenvalue weighted by Gasteiger charge is 2.19. The van der Waals surface area contributed by atoms with Crippen molar-refractivity contribution in [3.8, 4) is 0 Å². The van der Waals surface area contributed by atoms with Crippen molar-refractivity contribution in [1.29, 1.82) is 0 Å². The van der Waals surface area contributed by atoms with E-state index in [1.807, 2.05) is 13.8 Å². The van der Waals surface area contributed by atoms with Gasteiger partial charge in [-0.25, -0.2) is 4.98 Å². The van der Waals surface area contributed by atoms with Gasteiger partial charge < -0.3 is 0 Å². The van der Waals surface area contributed by atoms with E-state index in [-0.39, 0.29) is 5.91 Å². The lowest BCUT2D eigenvalue weighted by molar-refractivity contribution is 0.102. The number of carbonyl (C=O) groups excluding carboxylic acids is 1. The highest BCUT2D eigenvalue weighted by atomic mass is 32.1. The van der Waals surface area contributed by atoms with E-state index < -0.39 is 0 Å². The number of aromatic nitrogens is 3. The van der Waals surface area contributed by atoms with Crippen molar-refractivity contribution in [2.24, 2.45) is 0 Å². The first-order chi connectivity index (χ1) is 9.15. The smallest absolute Gasteiger partial charge is 0.261 e. The van der Waals surface area contributed by atoms with E-state index >= 15 is 0 Å². The predicted octanol–water partition coefficient (Wildman–Crippen LogP) is 2.61. The highest BCUT2D eigenvalue weighted by Crippen LogP contribution is 2.29. The van der Waals surface area contributed by atoms with Gasteiger partial charge in [-0.1, -0.05) is 0 Å². The molecule has 1 amide bonds. The number of aromatic amines is 1. The lowest BCUT2D eigenvalue weighted by Gasteiger charge is -2.06. The number of rotatable bonds is 2. The van der Waals surface area contributed by atoms with Crippen molar-refractivity contribution in [3.63, 3.8) is 0 Å². The van der Waals surface area contributed by atoms with Gasteiger partial charge in [0.15, 0.2) is 5.13 Å². The molecule has 0 fully saturated rings. The Hall–Kier alpha value is -1.69. The number of anilines is 1. The van der Waals surface area contributed by atoms with Crippen LogP contribution in [0.15, 0.2) is 0 Å². The molecular weight excluding hydrogens is 260 g/mol. The van der Waals surface area contributed by atoms with Crippen molar-refractivity contribution in [2.45, 2.75) is 39.5 Å². The van der Waals surface area contributed by atoms with Crippen LogP contribution < -0.4 is 5.32 Å². The van der Waals surface area contributed by atoms with Gasteiger partial charge in [0, 0.05) is 10.6 Å². The molecule has 0 saturated carbocycles. The number of nitrogens with zero attached hydrogens (tertiary/aromatic N) is 2. The number of fused-ring (bicyclic) bond motifs is 1. The summed E-state index contributed by atoms with van der Waals surface area (Å²) in [4.78, 5) is 18.1. The molecule has 0 unspecified atom stereocenters. The quantitative estimate of drug-likeness (QED) is 0.885. The van der Waals surface area contributed by atoms with Crippen LogP contribution in [0.3, 0.4) is 0 Å². The average molecular weight is 276 g/mol. The second-order valence-corrected chi connectivity index (χ2v) is 5.94. The van der Waals surface area contributed by atoms with Crippen LogP contribution in [0.1, 0.15) is 45.2 Å². The zero-order valence-electron chi connectivity index (χ0n) is 11.0. The molecule has 5 nitrogen and oxygen atoms in total. The molecule has 0 spiro atoms. The largest absolute Gasteiger partial charge is 0.298 e. The molecule has 2 aromatic rings. The fourth-order valence-electron chi connectivity index (χ4n) is 2.45. The molecule has 19 heavy (non-hydrogen) atoms. The van der Waals surface area contributed by atoms with Crippen LogP contribution in [0.5, 0.6) is 0 Å². The number of amides is 1. The van der Waals surface area contributed by atoms with Crippen LogP contribution in [0.4, 0.5) is 5.13 Å². The normalized spacial score (nSPS) is 14.2. The molecule has 1 aliphatic carbocycles. The van der Waals surface area contributed by atoms with Gasteiger partial charge in [0.25, 0.3) is 5.91 Å². The van der Waals surface area contributed by atoms with E-state index in [1.54, 1.807) is 11.3 Å². The standard InChI is InChI=1S/C13H16N4OS/c1-7-11(8(2)17-16-7)12(18)15-13-14-9-5-3-4-6-10(9)19-13/h3-6H2,1-2H3,(H,16,17)(H,14,15,18). The van der Waals surface area contributed by atoms with E-state index in [9.17, 15) is 4.79 Å². The van der Waals surface area contributed by atoms with Gasteiger partial charge >= 0.3 is 0 Å². The number of hydrogen-bond donors (Lipinski definition) is 2. The molecule has 2 heterocycles. The molecule has 0 radical (unpaired) electrons. The van der Waals surface area contributed by atoms with Gasteiger partial charge in [-0.15, -0.1) is 11.3 Å². The van der Waals surface area contributed by atoms with Crippen molar-refractivity contribution >= 4 is 22.4 Å². The number of H-pyrrole nitrogens is 1. The van der Waals surface area contributed by atoms with Gasteiger partial charge in [0.1, 0.15) is 0 Å². The number of nitrogens with one attached hydrogen (secondary N) is 2. The molecular formula is C13H16N4OS. The van der Waals surface area contributed by atoms with Crippen molar-refractivity contribution in [3.05, 3.63) is 27.5 Å². The van der Waals surface area contributed by atoms with Crippen molar-refractivity contribution in [2.75, 3.05) is 5.32 Å². The monoisotopic (exact) mass is 276 g/mol. The first-order valence-corrected chi connectivity index (χ1v) is 7.28. The summed E-state index contributed by atoms with van der Waals surface area (Å²) in [5.74, 6) is -0.130. The minimum Gasteiger partial charge on any atom is -0.298 e. The summed E-state index contributed by atoms with van der Waals surface area (Å²) in [7, 11) is 0. The summed E-state index contributed by atoms with van der Waals surface area (Å²) in [6, 6.07) is 0. The van der Waals surface area contributed by atoms with E-state index in [0.29, 0.717) is 10.7 Å². The molecule has 100 valence electrons. The summed E-state index contributed by atoms with van der Waals surface area (Å²) in [6.45, 7) is 3.67. The molecule has 3 rings (SSSR count). The van der Waals surface area contributed by atoms with E-state index in [2.05, 4.69) is 20.5 Å². The summed E-state index contributed by atoms with van der Waals surface area (Å²) >= 11 is 1.60. The van der Waals surface area contributed by atoms with E-state index in [0.717, 1.165) is 29.9 Å². The minimum atomic E-state index is -0.130. The number of thiazole rings is 1. The predicted molar refractivity (Wildman–Crippen MR) is 74.8 cm³/mol. The Morgan fingerprint density at radius 1 is 1.32 bits per heavy atom. The molecule has 2 N–H and O–H groups in total. The fraction of sp³-hybridized carbons (Fsp3) is 0.462. The highest BCUT2D eigenvalue weighted by molar-refractivity contribution is 7.15. The Kier molecular flexibility index (Phi) is 3.10. The molecule has 0 atom stereocenters.